The van der Waals surface area contributed by atoms with Crippen molar-refractivity contribution < 1.29 is 14.3 Å². The lowest BCUT2D eigenvalue weighted by Crippen LogP contribution is -2.47. The smallest absolute Gasteiger partial charge is 0.260 e. The van der Waals surface area contributed by atoms with Crippen LogP contribution in [0.3, 0.4) is 0 Å². The first kappa shape index (κ1) is 23.0. The number of fused-ring (bicyclic) bond motifs is 3. The lowest BCUT2D eigenvalue weighted by Gasteiger charge is -2.34. The van der Waals surface area contributed by atoms with Crippen LogP contribution in [0.2, 0.25) is 0 Å². The highest BCUT2D eigenvalue weighted by atomic mass is 35.5. The number of nitrogens with zero attached hydrogens (tertiary/aromatic N) is 2. The number of benzene rings is 2. The van der Waals surface area contributed by atoms with Crippen molar-refractivity contribution in [3.8, 4) is 11.8 Å². The zero-order valence-electron chi connectivity index (χ0n) is 18.7. The fourth-order valence-corrected chi connectivity index (χ4v) is 5.06. The number of ether oxygens (including phenoxy) is 1. The van der Waals surface area contributed by atoms with Gasteiger partial charge in [0.25, 0.3) is 5.91 Å². The molecule has 33 heavy (non-hydrogen) atoms. The van der Waals surface area contributed by atoms with Crippen LogP contribution >= 0.6 is 12.4 Å². The number of piperazine rings is 1. The maximum atomic E-state index is 13.5. The van der Waals surface area contributed by atoms with E-state index in [4.69, 9.17) is 4.74 Å². The van der Waals surface area contributed by atoms with Crippen molar-refractivity contribution in [3.63, 3.8) is 0 Å². The summed E-state index contributed by atoms with van der Waals surface area (Å²) in [6.45, 7) is 7.23. The molecule has 6 nitrogen and oxygen atoms in total. The number of hydrogen-bond acceptors (Lipinski definition) is 5. The summed E-state index contributed by atoms with van der Waals surface area (Å²) in [4.78, 5) is 27.7. The first-order chi connectivity index (χ1) is 15.4. The summed E-state index contributed by atoms with van der Waals surface area (Å²) in [6, 6.07) is 13.2. The number of ketones is 1. The summed E-state index contributed by atoms with van der Waals surface area (Å²) < 4.78 is 5.84. The average molecular weight is 464 g/mol. The van der Waals surface area contributed by atoms with E-state index < -0.39 is 0 Å². The second kappa shape index (κ2) is 8.66. The fourth-order valence-electron chi connectivity index (χ4n) is 5.06. The van der Waals surface area contributed by atoms with Crippen LogP contribution in [0.5, 0.6) is 5.75 Å². The minimum Gasteiger partial charge on any atom is -0.484 e. The quantitative estimate of drug-likeness (QED) is 0.755. The first-order valence-corrected chi connectivity index (χ1v) is 11.0. The van der Waals surface area contributed by atoms with Gasteiger partial charge in [-0.05, 0) is 59.0 Å². The van der Waals surface area contributed by atoms with Crippen molar-refractivity contribution in [2.24, 2.45) is 0 Å². The van der Waals surface area contributed by atoms with Crippen molar-refractivity contribution >= 4 is 29.7 Å². The molecule has 0 unspecified atom stereocenters. The third kappa shape index (κ3) is 3.82. The van der Waals surface area contributed by atoms with Crippen LogP contribution in [0.1, 0.15) is 46.5 Å². The Morgan fingerprint density at radius 3 is 2.61 bits per heavy atom. The van der Waals surface area contributed by atoms with Gasteiger partial charge in [0.1, 0.15) is 5.75 Å². The van der Waals surface area contributed by atoms with Crippen molar-refractivity contribution in [1.82, 2.24) is 10.2 Å². The molecule has 1 N–H and O–H groups in total. The van der Waals surface area contributed by atoms with E-state index in [9.17, 15) is 14.9 Å². The van der Waals surface area contributed by atoms with Crippen molar-refractivity contribution in [2.45, 2.75) is 25.7 Å². The zero-order valence-corrected chi connectivity index (χ0v) is 19.6. The third-order valence-corrected chi connectivity index (χ3v) is 6.90. The van der Waals surface area contributed by atoms with Crippen LogP contribution in [0, 0.1) is 11.3 Å². The maximum absolute atomic E-state index is 13.5. The fraction of sp³-hybridized carbons (Fsp3) is 0.346. The van der Waals surface area contributed by atoms with Crippen molar-refractivity contribution in [1.29, 1.82) is 5.26 Å². The third-order valence-electron chi connectivity index (χ3n) is 6.90. The SMILES string of the molecule is CC1(C)C2=C(C(=O)c3ccc(OCC(=O)N4CCNCC4)cc31)c1ccc(C#N)cc1C2.Cl. The van der Waals surface area contributed by atoms with Gasteiger partial charge in [0.2, 0.25) is 0 Å². The molecule has 2 aromatic carbocycles. The lowest BCUT2D eigenvalue weighted by molar-refractivity contribution is -0.133. The topological polar surface area (TPSA) is 82.4 Å². The molecule has 0 bridgehead atoms. The molecular weight excluding hydrogens is 438 g/mol. The highest BCUT2D eigenvalue weighted by Gasteiger charge is 2.43. The molecule has 1 aliphatic heterocycles. The number of nitriles is 1. The van der Waals surface area contributed by atoms with Crippen molar-refractivity contribution in [2.75, 3.05) is 32.8 Å². The standard InChI is InChI=1S/C26H25N3O3.ClH/c1-26(2)21-13-18(32-15-23(30)29-9-7-28-8-10-29)4-6-20(21)25(31)24-19-5-3-16(14-27)11-17(19)12-22(24)26;/h3-6,11,13,28H,7-10,12,15H2,1-2H3;1H. The molecule has 1 fully saturated rings. The predicted molar refractivity (Wildman–Crippen MR) is 128 cm³/mol. The monoisotopic (exact) mass is 463 g/mol. The van der Waals surface area contributed by atoms with Crippen LogP contribution in [0.25, 0.3) is 5.57 Å². The van der Waals surface area contributed by atoms with Crippen LogP contribution in [0.15, 0.2) is 42.0 Å². The molecule has 1 heterocycles. The van der Waals surface area contributed by atoms with Crippen molar-refractivity contribution in [3.05, 3.63) is 69.8 Å². The van der Waals surface area contributed by atoms with E-state index in [1.165, 1.54) is 0 Å². The molecular formula is C26H26ClN3O3. The Bertz CT molecular complexity index is 1220. The van der Waals surface area contributed by atoms with Gasteiger partial charge in [0.05, 0.1) is 11.6 Å². The Morgan fingerprint density at radius 2 is 1.88 bits per heavy atom. The molecule has 2 aliphatic carbocycles. The van der Waals surface area contributed by atoms with Gasteiger partial charge in [-0.3, -0.25) is 9.59 Å². The van der Waals surface area contributed by atoms with E-state index in [1.54, 1.807) is 12.1 Å². The van der Waals surface area contributed by atoms with E-state index in [1.807, 2.05) is 29.2 Å². The Morgan fingerprint density at radius 1 is 1.15 bits per heavy atom. The average Bonchev–Trinajstić information content (AvgIpc) is 3.21. The Labute approximate surface area is 199 Å². The number of rotatable bonds is 3. The summed E-state index contributed by atoms with van der Waals surface area (Å²) in [7, 11) is 0. The molecule has 1 saturated heterocycles. The van der Waals surface area contributed by atoms with Crippen LogP contribution in [0.4, 0.5) is 0 Å². The van der Waals surface area contributed by atoms with Gasteiger partial charge >= 0.3 is 0 Å². The predicted octanol–water partition coefficient (Wildman–Crippen LogP) is 3.27. The second-order valence-corrected chi connectivity index (χ2v) is 9.10. The number of halogens is 1. The minimum atomic E-state index is -0.369. The number of hydrogen-bond donors (Lipinski definition) is 1. The van der Waals surface area contributed by atoms with E-state index in [0.717, 1.165) is 40.9 Å². The molecule has 1 amide bonds. The van der Waals surface area contributed by atoms with Gasteiger partial charge in [-0.2, -0.15) is 5.26 Å². The molecule has 0 atom stereocenters. The van der Waals surface area contributed by atoms with Gasteiger partial charge in [0, 0.05) is 42.7 Å². The van der Waals surface area contributed by atoms with E-state index in [0.29, 0.717) is 36.4 Å². The number of Topliss-reactive ketones (excluding diaryl/α,β-unsaturated/α-hetero) is 1. The molecule has 7 heteroatoms. The molecule has 2 aromatic rings. The molecule has 0 aromatic heterocycles. The molecule has 3 aliphatic rings. The summed E-state index contributed by atoms with van der Waals surface area (Å²) in [5, 5.41) is 12.5. The molecule has 0 spiro atoms. The first-order valence-electron chi connectivity index (χ1n) is 11.0. The normalized spacial score (nSPS) is 18.0. The van der Waals surface area contributed by atoms with Gasteiger partial charge < -0.3 is 15.0 Å². The minimum absolute atomic E-state index is 0. The van der Waals surface area contributed by atoms with Gasteiger partial charge in [-0.15, -0.1) is 12.4 Å². The molecule has 0 saturated carbocycles. The zero-order chi connectivity index (χ0) is 22.5. The molecule has 170 valence electrons. The Kier molecular flexibility index (Phi) is 6.04. The number of carbonyl (C=O) groups is 2. The number of allylic oxidation sites excluding steroid dienone is 2. The Hall–Kier alpha value is -3.14. The molecule has 0 radical (unpaired) electrons. The summed E-state index contributed by atoms with van der Waals surface area (Å²) in [6.07, 6.45) is 0.658. The van der Waals surface area contributed by atoms with E-state index in [2.05, 4.69) is 25.2 Å². The lowest BCUT2D eigenvalue weighted by atomic mass is 9.68. The molecule has 5 rings (SSSR count). The van der Waals surface area contributed by atoms with E-state index >= 15 is 0 Å². The number of amides is 1. The largest absolute Gasteiger partial charge is 0.484 e. The second-order valence-electron chi connectivity index (χ2n) is 9.10. The number of nitrogens with one attached hydrogen (secondary N) is 1. The summed E-state index contributed by atoms with van der Waals surface area (Å²) in [5.41, 5.74) is 5.64. The highest BCUT2D eigenvalue weighted by Crippen LogP contribution is 2.50. The van der Waals surface area contributed by atoms with Crippen LogP contribution in [-0.4, -0.2) is 49.4 Å². The maximum Gasteiger partial charge on any atom is 0.260 e. The van der Waals surface area contributed by atoms with E-state index in [-0.39, 0.29) is 36.1 Å². The Balaban J connectivity index is 0.00000259. The summed E-state index contributed by atoms with van der Waals surface area (Å²) in [5.74, 6) is 0.588. The number of carbonyl (C=O) groups excluding carboxylic acids is 2. The highest BCUT2D eigenvalue weighted by molar-refractivity contribution is 6.33. The van der Waals surface area contributed by atoms with Gasteiger partial charge in [-0.1, -0.05) is 19.9 Å². The van der Waals surface area contributed by atoms with Gasteiger partial charge in [0.15, 0.2) is 12.4 Å². The van der Waals surface area contributed by atoms with Gasteiger partial charge in [-0.25, -0.2) is 0 Å². The van der Waals surface area contributed by atoms with Crippen LogP contribution in [-0.2, 0) is 16.6 Å². The van der Waals surface area contributed by atoms with Crippen LogP contribution < -0.4 is 10.1 Å². The summed E-state index contributed by atoms with van der Waals surface area (Å²) >= 11 is 0.